The van der Waals surface area contributed by atoms with Gasteiger partial charge in [-0.3, -0.25) is 4.79 Å². The summed E-state index contributed by atoms with van der Waals surface area (Å²) in [6, 6.07) is 0. The first-order valence-corrected chi connectivity index (χ1v) is 10.6. The molecule has 4 heteroatoms. The van der Waals surface area contributed by atoms with Crippen LogP contribution in [0.5, 0.6) is 0 Å². The summed E-state index contributed by atoms with van der Waals surface area (Å²) in [5.74, 6) is 0.682. The summed E-state index contributed by atoms with van der Waals surface area (Å²) in [6.45, 7) is 8.38. The molecule has 5 unspecified atom stereocenters. The third-order valence-electron chi connectivity index (χ3n) is 7.73. The minimum absolute atomic E-state index is 0.118. The Bertz CT molecular complexity index is 645. The summed E-state index contributed by atoms with van der Waals surface area (Å²) in [7, 11) is 0. The lowest BCUT2D eigenvalue weighted by molar-refractivity contribution is -0.174. The van der Waals surface area contributed by atoms with Crippen molar-refractivity contribution in [3.8, 4) is 0 Å². The SMILES string of the molecule is CC(C)=C1C=C2CCC3C(C)(C(=O)OCC(O)CO)CCCC3(C)C2CC1. The molecule has 2 saturated carbocycles. The third kappa shape index (κ3) is 3.63. The number of hydrogen-bond acceptors (Lipinski definition) is 4. The van der Waals surface area contributed by atoms with E-state index in [0.29, 0.717) is 11.8 Å². The van der Waals surface area contributed by atoms with Gasteiger partial charge in [-0.1, -0.05) is 30.6 Å². The van der Waals surface area contributed by atoms with Gasteiger partial charge in [0, 0.05) is 0 Å². The summed E-state index contributed by atoms with van der Waals surface area (Å²) in [6.07, 6.45) is 8.96. The molecule has 3 rings (SSSR count). The minimum Gasteiger partial charge on any atom is -0.462 e. The van der Waals surface area contributed by atoms with Crippen molar-refractivity contribution in [3.63, 3.8) is 0 Å². The number of hydrogen-bond donors (Lipinski definition) is 2. The zero-order valence-corrected chi connectivity index (χ0v) is 17.4. The molecule has 152 valence electrons. The van der Waals surface area contributed by atoms with Gasteiger partial charge in [-0.2, -0.15) is 0 Å². The van der Waals surface area contributed by atoms with Crippen molar-refractivity contribution in [2.75, 3.05) is 13.2 Å². The Morgan fingerprint density at radius 3 is 2.67 bits per heavy atom. The number of aliphatic hydroxyl groups excluding tert-OH is 2. The van der Waals surface area contributed by atoms with Crippen LogP contribution in [0.1, 0.15) is 72.6 Å². The van der Waals surface area contributed by atoms with Crippen LogP contribution in [0.15, 0.2) is 22.8 Å². The second kappa shape index (κ2) is 7.71. The molecule has 2 N–H and O–H groups in total. The van der Waals surface area contributed by atoms with Crippen LogP contribution in [-0.2, 0) is 9.53 Å². The molecule has 3 aliphatic carbocycles. The second-order valence-corrected chi connectivity index (χ2v) is 9.64. The highest BCUT2D eigenvalue weighted by molar-refractivity contribution is 5.77. The first-order valence-electron chi connectivity index (χ1n) is 10.6. The molecule has 0 aromatic heterocycles. The van der Waals surface area contributed by atoms with Crippen molar-refractivity contribution < 1.29 is 19.7 Å². The van der Waals surface area contributed by atoms with Gasteiger partial charge >= 0.3 is 5.97 Å². The number of esters is 1. The Morgan fingerprint density at radius 1 is 1.26 bits per heavy atom. The van der Waals surface area contributed by atoms with Gasteiger partial charge in [0.15, 0.2) is 0 Å². The summed E-state index contributed by atoms with van der Waals surface area (Å²) in [5.41, 5.74) is 4.15. The van der Waals surface area contributed by atoms with Crippen molar-refractivity contribution in [1.82, 2.24) is 0 Å². The van der Waals surface area contributed by atoms with Gasteiger partial charge < -0.3 is 14.9 Å². The summed E-state index contributed by atoms with van der Waals surface area (Å²) in [4.78, 5) is 13.0. The van der Waals surface area contributed by atoms with E-state index in [9.17, 15) is 9.90 Å². The Hall–Kier alpha value is -1.13. The van der Waals surface area contributed by atoms with E-state index in [0.717, 1.165) is 32.1 Å². The van der Waals surface area contributed by atoms with Crippen molar-refractivity contribution in [3.05, 3.63) is 22.8 Å². The van der Waals surface area contributed by atoms with Crippen LogP contribution in [0.4, 0.5) is 0 Å². The van der Waals surface area contributed by atoms with Crippen LogP contribution in [0, 0.1) is 22.7 Å². The fourth-order valence-corrected chi connectivity index (χ4v) is 6.20. The number of ether oxygens (including phenoxy) is 1. The van der Waals surface area contributed by atoms with Crippen molar-refractivity contribution in [1.29, 1.82) is 0 Å². The fraction of sp³-hybridized carbons (Fsp3) is 0.783. The largest absolute Gasteiger partial charge is 0.462 e. The summed E-state index contributed by atoms with van der Waals surface area (Å²) >= 11 is 0. The molecule has 27 heavy (non-hydrogen) atoms. The lowest BCUT2D eigenvalue weighted by atomic mass is 9.46. The number of aliphatic hydroxyl groups is 2. The molecule has 2 fully saturated rings. The van der Waals surface area contributed by atoms with E-state index in [-0.39, 0.29) is 24.6 Å². The highest BCUT2D eigenvalue weighted by Gasteiger charge is 2.58. The number of carbonyl (C=O) groups is 1. The quantitative estimate of drug-likeness (QED) is 0.723. The second-order valence-electron chi connectivity index (χ2n) is 9.64. The molecule has 0 radical (unpaired) electrons. The smallest absolute Gasteiger partial charge is 0.312 e. The lowest BCUT2D eigenvalue weighted by Crippen LogP contribution is -2.54. The van der Waals surface area contributed by atoms with Crippen LogP contribution < -0.4 is 0 Å². The molecule has 0 amide bonds. The van der Waals surface area contributed by atoms with Crippen molar-refractivity contribution in [2.45, 2.75) is 78.7 Å². The molecule has 0 aliphatic heterocycles. The molecule has 0 spiro atoms. The van der Waals surface area contributed by atoms with E-state index in [4.69, 9.17) is 9.84 Å². The van der Waals surface area contributed by atoms with Crippen molar-refractivity contribution in [2.24, 2.45) is 22.7 Å². The molecule has 0 bridgehead atoms. The van der Waals surface area contributed by atoms with E-state index < -0.39 is 11.5 Å². The van der Waals surface area contributed by atoms with Crippen LogP contribution in [-0.4, -0.2) is 35.5 Å². The Kier molecular flexibility index (Phi) is 5.88. The molecule has 4 nitrogen and oxygen atoms in total. The van der Waals surface area contributed by atoms with Gasteiger partial charge in [-0.15, -0.1) is 0 Å². The maximum absolute atomic E-state index is 13.0. The van der Waals surface area contributed by atoms with Crippen LogP contribution >= 0.6 is 0 Å². The molecular formula is C23H36O4. The maximum Gasteiger partial charge on any atom is 0.312 e. The number of carbonyl (C=O) groups excluding carboxylic acids is 1. The number of fused-ring (bicyclic) bond motifs is 3. The standard InChI is InChI=1S/C23H36O4/c1-15(2)16-6-8-19-17(12-16)7-9-20-22(19,3)10-5-11-23(20,4)21(26)27-14-18(25)13-24/h12,18-20,24-25H,5-11,13-14H2,1-4H3. The Labute approximate surface area is 163 Å². The molecular weight excluding hydrogens is 340 g/mol. The van der Waals surface area contributed by atoms with Gasteiger partial charge in [0.25, 0.3) is 0 Å². The highest BCUT2D eigenvalue weighted by atomic mass is 16.5. The summed E-state index contributed by atoms with van der Waals surface area (Å²) < 4.78 is 5.44. The van der Waals surface area contributed by atoms with Gasteiger partial charge in [-0.25, -0.2) is 0 Å². The average Bonchev–Trinajstić information content (AvgIpc) is 2.65. The zero-order valence-electron chi connectivity index (χ0n) is 17.4. The molecule has 0 heterocycles. The molecule has 0 saturated heterocycles. The summed E-state index contributed by atoms with van der Waals surface area (Å²) in [5, 5.41) is 18.5. The van der Waals surface area contributed by atoms with E-state index in [2.05, 4.69) is 33.8 Å². The van der Waals surface area contributed by atoms with Gasteiger partial charge in [-0.05, 0) is 82.1 Å². The number of rotatable bonds is 4. The third-order valence-corrected chi connectivity index (χ3v) is 7.73. The van der Waals surface area contributed by atoms with E-state index in [1.54, 1.807) is 5.57 Å². The predicted octanol–water partition coefficient (Wildman–Crippen LogP) is 4.16. The lowest BCUT2D eigenvalue weighted by Gasteiger charge is -2.58. The number of allylic oxidation sites excluding steroid dienone is 4. The molecule has 0 aromatic rings. The molecule has 5 atom stereocenters. The fourth-order valence-electron chi connectivity index (χ4n) is 6.20. The van der Waals surface area contributed by atoms with Crippen molar-refractivity contribution >= 4 is 5.97 Å². The van der Waals surface area contributed by atoms with Crippen LogP contribution in [0.25, 0.3) is 0 Å². The molecule has 3 aliphatic rings. The average molecular weight is 377 g/mol. The first kappa shape index (κ1) is 20.6. The topological polar surface area (TPSA) is 66.8 Å². The van der Waals surface area contributed by atoms with Crippen LogP contribution in [0.3, 0.4) is 0 Å². The van der Waals surface area contributed by atoms with Gasteiger partial charge in [0.2, 0.25) is 0 Å². The Morgan fingerprint density at radius 2 is 2.00 bits per heavy atom. The van der Waals surface area contributed by atoms with E-state index in [1.165, 1.54) is 24.0 Å². The monoisotopic (exact) mass is 376 g/mol. The predicted molar refractivity (Wildman–Crippen MR) is 106 cm³/mol. The normalized spacial score (nSPS) is 37.0. The van der Waals surface area contributed by atoms with E-state index in [1.807, 2.05) is 0 Å². The first-order chi connectivity index (χ1) is 12.7. The van der Waals surface area contributed by atoms with Gasteiger partial charge in [0.05, 0.1) is 12.0 Å². The Balaban J connectivity index is 1.84. The molecule has 0 aromatic carbocycles. The van der Waals surface area contributed by atoms with Crippen LogP contribution in [0.2, 0.25) is 0 Å². The maximum atomic E-state index is 13.0. The zero-order chi connectivity index (χ0) is 19.8. The minimum atomic E-state index is -0.991. The van der Waals surface area contributed by atoms with Gasteiger partial charge in [0.1, 0.15) is 12.7 Å². The highest BCUT2D eigenvalue weighted by Crippen LogP contribution is 2.63. The van der Waals surface area contributed by atoms with E-state index >= 15 is 0 Å².